The zero-order valence-corrected chi connectivity index (χ0v) is 30.5. The van der Waals surface area contributed by atoms with Crippen LogP contribution < -0.4 is 5.73 Å². The maximum absolute atomic E-state index is 12.9. The number of aromatic amines is 2. The smallest absolute Gasteiger partial charge is 0.306 e. The first-order valence-electron chi connectivity index (χ1n) is 18.9. The molecule has 8 rings (SSSR count). The second-order valence-electron chi connectivity index (χ2n) is 19.0. The minimum Gasteiger partial charge on any atom is -0.481 e. The number of nitrogen functional groups attached to an aromatic ring is 1. The zero-order chi connectivity index (χ0) is 34.0. The van der Waals surface area contributed by atoms with E-state index in [-0.39, 0.29) is 38.9 Å². The van der Waals surface area contributed by atoms with Gasteiger partial charge in [0.15, 0.2) is 0 Å². The monoisotopic (exact) mass is 657 g/mol. The Morgan fingerprint density at radius 3 is 2.54 bits per heavy atom. The molecule has 5 N–H and O–H groups in total. The van der Waals surface area contributed by atoms with Crippen LogP contribution in [-0.2, 0) is 27.9 Å². The van der Waals surface area contributed by atoms with E-state index in [1.54, 1.807) is 5.57 Å². The van der Waals surface area contributed by atoms with Crippen LogP contribution in [0.25, 0.3) is 5.57 Å². The van der Waals surface area contributed by atoms with E-state index in [9.17, 15) is 9.90 Å². The van der Waals surface area contributed by atoms with Gasteiger partial charge in [0.25, 0.3) is 0 Å². The van der Waals surface area contributed by atoms with Gasteiger partial charge in [-0.25, -0.2) is 0 Å². The Morgan fingerprint density at radius 1 is 1.06 bits per heavy atom. The molecule has 0 bridgehead atoms. The summed E-state index contributed by atoms with van der Waals surface area (Å²) in [5.74, 6) is 1.29. The number of morpholine rings is 1. The van der Waals surface area contributed by atoms with Gasteiger partial charge in [-0.15, -0.1) is 0 Å². The van der Waals surface area contributed by atoms with Crippen LogP contribution in [0.4, 0.5) is 5.82 Å². The van der Waals surface area contributed by atoms with Crippen molar-refractivity contribution in [1.29, 1.82) is 0 Å². The number of carbonyl (C=O) groups is 1. The van der Waals surface area contributed by atoms with Gasteiger partial charge >= 0.3 is 5.97 Å². The lowest BCUT2D eigenvalue weighted by Gasteiger charge is -2.70. The second kappa shape index (κ2) is 10.7. The molecule has 2 aromatic heterocycles. The van der Waals surface area contributed by atoms with Crippen molar-refractivity contribution < 1.29 is 14.6 Å². The number of nitrogens with one attached hydrogen (secondary N) is 2. The highest BCUT2D eigenvalue weighted by Crippen LogP contribution is 2.76. The third-order valence-electron chi connectivity index (χ3n) is 15.7. The number of carboxylic acid groups (broad SMARTS) is 1. The van der Waals surface area contributed by atoms with Crippen molar-refractivity contribution in [3.63, 3.8) is 0 Å². The lowest BCUT2D eigenvalue weighted by Crippen LogP contribution is -2.64. The Morgan fingerprint density at radius 2 is 1.81 bits per heavy atom. The molecule has 1 saturated heterocycles. The van der Waals surface area contributed by atoms with Crippen molar-refractivity contribution in [2.24, 2.45) is 51.2 Å². The maximum atomic E-state index is 12.9. The summed E-state index contributed by atoms with van der Waals surface area (Å²) in [5, 5.41) is 18.5. The van der Waals surface area contributed by atoms with Crippen LogP contribution in [0.2, 0.25) is 0 Å². The maximum Gasteiger partial charge on any atom is 0.306 e. The summed E-state index contributed by atoms with van der Waals surface area (Å²) in [4.78, 5) is 19.1. The topological polar surface area (TPSA) is 120 Å². The van der Waals surface area contributed by atoms with Crippen LogP contribution in [0.3, 0.4) is 0 Å². The molecule has 6 aliphatic rings. The fraction of sp³-hybridized carbons (Fsp3) is 0.750. The average molecular weight is 658 g/mol. The van der Waals surface area contributed by atoms with Gasteiger partial charge < -0.3 is 20.6 Å². The van der Waals surface area contributed by atoms with Crippen LogP contribution in [-0.4, -0.2) is 57.5 Å². The Labute approximate surface area is 287 Å². The number of carboxylic acids is 1. The molecule has 3 heterocycles. The molecule has 0 amide bonds. The quantitative estimate of drug-likeness (QED) is 0.271. The number of fused-ring (bicyclic) bond motifs is 8. The first-order valence-corrected chi connectivity index (χ1v) is 18.9. The zero-order valence-electron chi connectivity index (χ0n) is 30.5. The van der Waals surface area contributed by atoms with Crippen LogP contribution in [0, 0.1) is 51.2 Å². The fourth-order valence-corrected chi connectivity index (χ4v) is 13.4. The van der Waals surface area contributed by atoms with Gasteiger partial charge in [0.05, 0.1) is 19.1 Å². The van der Waals surface area contributed by atoms with Crippen molar-refractivity contribution in [3.8, 4) is 0 Å². The number of anilines is 1. The van der Waals surface area contributed by atoms with Crippen molar-refractivity contribution in [2.45, 2.75) is 112 Å². The van der Waals surface area contributed by atoms with Crippen LogP contribution >= 0.6 is 0 Å². The third-order valence-corrected chi connectivity index (χ3v) is 15.7. The number of aromatic nitrogens is 3. The largest absolute Gasteiger partial charge is 0.481 e. The van der Waals surface area contributed by atoms with Crippen molar-refractivity contribution >= 4 is 17.4 Å². The molecule has 0 spiro atoms. The predicted octanol–water partition coefficient (Wildman–Crippen LogP) is 7.44. The van der Waals surface area contributed by atoms with E-state index < -0.39 is 5.97 Å². The van der Waals surface area contributed by atoms with Crippen LogP contribution in [0.5, 0.6) is 0 Å². The van der Waals surface area contributed by atoms with E-state index in [4.69, 9.17) is 10.5 Å². The minimum absolute atomic E-state index is 0.00905. The molecule has 1 unspecified atom stereocenters. The summed E-state index contributed by atoms with van der Waals surface area (Å²) in [6.07, 6.45) is 10.6. The molecule has 262 valence electrons. The summed E-state index contributed by atoms with van der Waals surface area (Å²) >= 11 is 0. The number of hydrogen-bond donors (Lipinski definition) is 4. The third kappa shape index (κ3) is 4.52. The van der Waals surface area contributed by atoms with Gasteiger partial charge in [-0.3, -0.25) is 14.8 Å². The molecule has 0 aromatic carbocycles. The van der Waals surface area contributed by atoms with Gasteiger partial charge in [-0.2, -0.15) is 5.10 Å². The van der Waals surface area contributed by atoms with E-state index >= 15 is 0 Å². The van der Waals surface area contributed by atoms with Crippen LogP contribution in [0.15, 0.2) is 17.8 Å². The van der Waals surface area contributed by atoms with Crippen molar-refractivity contribution in [3.05, 3.63) is 40.4 Å². The molecule has 8 atom stereocenters. The number of allylic oxidation sites excluding steroid dienone is 2. The van der Waals surface area contributed by atoms with E-state index in [1.165, 1.54) is 40.9 Å². The second-order valence-corrected chi connectivity index (χ2v) is 19.0. The summed E-state index contributed by atoms with van der Waals surface area (Å²) in [6, 6.07) is 2.44. The SMILES string of the molecule is CC1(C)C[C@@H]2C3=C(c4c[nH]c(CN5CCOCC5)c4)CC4[C@@]5(C)Cc6c(N)n[nH]c6C(C)(C)[C@@H]5CC[C@@]4(C)[C@]3(C)CC[C@@H]2[C@H](C(=O)O)C1. The average Bonchev–Trinajstić information content (AvgIpc) is 3.63. The summed E-state index contributed by atoms with van der Waals surface area (Å²) in [7, 11) is 0. The molecule has 1 aliphatic heterocycles. The molecule has 8 heteroatoms. The number of nitrogens with two attached hydrogens (primary N) is 1. The molecule has 2 aromatic rings. The van der Waals surface area contributed by atoms with E-state index in [2.05, 4.69) is 80.8 Å². The van der Waals surface area contributed by atoms with Crippen LogP contribution in [0.1, 0.15) is 116 Å². The molecule has 8 nitrogen and oxygen atoms in total. The molecule has 48 heavy (non-hydrogen) atoms. The first-order chi connectivity index (χ1) is 22.6. The molecular formula is C40H59N5O3. The summed E-state index contributed by atoms with van der Waals surface area (Å²) in [5.41, 5.74) is 14.9. The minimum atomic E-state index is -0.594. The standard InChI is InChI=1S/C40H59N5O3/c1-36(2)18-27-25(28(19-36)35(46)47)8-10-40(7)32(27)26(23-16-24(42-21-23)22-45-12-14-48-15-13-45)17-31-38(5)20-29-33(43-44-34(29)41)37(3,4)30(38)9-11-39(31,40)6/h16,21,25,27-28,30-31,42H,8-15,17-20,22H2,1-7H3,(H,46,47)(H3,41,43,44)/t25-,27-,28+,30-,31?,38-,39+,40+/m0/s1. The number of ether oxygens (including phenoxy) is 1. The highest BCUT2D eigenvalue weighted by Gasteiger charge is 2.68. The summed E-state index contributed by atoms with van der Waals surface area (Å²) < 4.78 is 5.64. The van der Waals surface area contributed by atoms with Crippen molar-refractivity contribution in [2.75, 3.05) is 32.0 Å². The first kappa shape index (κ1) is 32.6. The lowest BCUT2D eigenvalue weighted by atomic mass is 9.33. The lowest BCUT2D eigenvalue weighted by molar-refractivity contribution is -0.161. The predicted molar refractivity (Wildman–Crippen MR) is 189 cm³/mol. The van der Waals surface area contributed by atoms with E-state index in [0.29, 0.717) is 23.6 Å². The van der Waals surface area contributed by atoms with E-state index in [1.807, 2.05) is 0 Å². The molecule has 0 radical (unpaired) electrons. The number of H-pyrrole nitrogens is 2. The molecule has 5 aliphatic carbocycles. The van der Waals surface area contributed by atoms with Crippen molar-refractivity contribution in [1.82, 2.24) is 20.1 Å². The molecule has 3 saturated carbocycles. The Kier molecular flexibility index (Phi) is 7.28. The fourth-order valence-electron chi connectivity index (χ4n) is 13.4. The van der Waals surface area contributed by atoms with Gasteiger partial charge in [0.1, 0.15) is 5.82 Å². The van der Waals surface area contributed by atoms with E-state index in [0.717, 1.165) is 71.4 Å². The van der Waals surface area contributed by atoms with Gasteiger partial charge in [-0.1, -0.05) is 54.0 Å². The highest BCUT2D eigenvalue weighted by atomic mass is 16.5. The number of hydrogen-bond acceptors (Lipinski definition) is 5. The van der Waals surface area contributed by atoms with Gasteiger partial charge in [0.2, 0.25) is 0 Å². The Bertz CT molecular complexity index is 1640. The summed E-state index contributed by atoms with van der Waals surface area (Å²) in [6.45, 7) is 21.8. The number of aliphatic carboxylic acids is 1. The number of rotatable bonds is 4. The van der Waals surface area contributed by atoms with Gasteiger partial charge in [-0.05, 0) is 114 Å². The Balaban J connectivity index is 1.29. The van der Waals surface area contributed by atoms with Gasteiger partial charge in [0, 0.05) is 48.2 Å². The Hall–Kier alpha value is -2.58. The highest BCUT2D eigenvalue weighted by molar-refractivity contribution is 5.75. The molecule has 4 fully saturated rings. The normalized spacial score (nSPS) is 40.3. The number of nitrogens with zero attached hydrogens (tertiary/aromatic N) is 2. The molecular weight excluding hydrogens is 598 g/mol.